The van der Waals surface area contributed by atoms with Crippen LogP contribution in [0, 0.1) is 9.39 Å². The van der Waals surface area contributed by atoms with E-state index in [2.05, 4.69) is 22.6 Å². The molecule has 3 aromatic rings. The molecule has 0 aliphatic carbocycles. The highest BCUT2D eigenvalue weighted by Gasteiger charge is 2.47. The van der Waals surface area contributed by atoms with Gasteiger partial charge in [-0.3, -0.25) is 9.59 Å². The van der Waals surface area contributed by atoms with E-state index in [1.807, 2.05) is 0 Å². The molecule has 1 heterocycles. The lowest BCUT2D eigenvalue weighted by Crippen LogP contribution is -2.45. The number of amides is 2. The van der Waals surface area contributed by atoms with Gasteiger partial charge in [-0.2, -0.15) is 4.31 Å². The molecule has 3 aromatic carbocycles. The summed E-state index contributed by atoms with van der Waals surface area (Å²) in [5.74, 6) is -1.71. The van der Waals surface area contributed by atoms with Crippen LogP contribution >= 0.6 is 45.8 Å². The van der Waals surface area contributed by atoms with E-state index in [1.165, 1.54) is 42.5 Å². The Hall–Kier alpha value is -2.05. The van der Waals surface area contributed by atoms with Crippen molar-refractivity contribution in [3.8, 4) is 0 Å². The highest BCUT2D eigenvalue weighted by Crippen LogP contribution is 2.34. The van der Waals surface area contributed by atoms with Crippen LogP contribution < -0.4 is 4.90 Å². The fourth-order valence-corrected chi connectivity index (χ4v) is 6.30. The lowest BCUT2D eigenvalue weighted by molar-refractivity contribution is -0.122. The number of hydrogen-bond acceptors (Lipinski definition) is 4. The lowest BCUT2D eigenvalue weighted by Gasteiger charge is -2.27. The molecular weight excluding hydrogens is 617 g/mol. The third-order valence-electron chi connectivity index (χ3n) is 5.29. The molecule has 34 heavy (non-hydrogen) atoms. The first-order chi connectivity index (χ1) is 16.1. The number of benzene rings is 3. The zero-order chi connectivity index (χ0) is 24.6. The number of sulfonamides is 1. The second kappa shape index (κ2) is 9.90. The molecule has 1 aliphatic heterocycles. The van der Waals surface area contributed by atoms with Crippen LogP contribution in [0.4, 0.5) is 10.1 Å². The second-order valence-corrected chi connectivity index (χ2v) is 11.5. The van der Waals surface area contributed by atoms with E-state index in [1.54, 1.807) is 24.3 Å². The topological polar surface area (TPSA) is 74.8 Å². The normalized spacial score (nSPS) is 16.5. The molecule has 0 saturated carbocycles. The van der Waals surface area contributed by atoms with Crippen LogP contribution in [0.3, 0.4) is 0 Å². The molecule has 0 spiro atoms. The molecule has 6 nitrogen and oxygen atoms in total. The van der Waals surface area contributed by atoms with Crippen LogP contribution in [0.1, 0.15) is 12.0 Å². The summed E-state index contributed by atoms with van der Waals surface area (Å²) < 4.78 is 42.7. The maximum absolute atomic E-state index is 13.7. The van der Waals surface area contributed by atoms with Gasteiger partial charge in [0.25, 0.3) is 5.91 Å². The van der Waals surface area contributed by atoms with E-state index < -0.39 is 33.7 Å². The summed E-state index contributed by atoms with van der Waals surface area (Å²) in [5, 5.41) is 0.0545. The van der Waals surface area contributed by atoms with Crippen LogP contribution in [-0.2, 0) is 26.2 Å². The molecule has 1 unspecified atom stereocenters. The molecular formula is C23H16Cl2FIN2O4S. The predicted octanol–water partition coefficient (Wildman–Crippen LogP) is 5.26. The average molecular weight is 633 g/mol. The summed E-state index contributed by atoms with van der Waals surface area (Å²) in [6, 6.07) is 14.6. The molecule has 1 atom stereocenters. The summed E-state index contributed by atoms with van der Waals surface area (Å²) in [6.45, 7) is -0.282. The SMILES string of the molecule is O=C1CC(N(Cc2ccc(F)cc2)S(=O)(=O)c2cc(Cl)ccc2Cl)C(=O)N1c1ccc(I)cc1. The van der Waals surface area contributed by atoms with Crippen molar-refractivity contribution in [1.82, 2.24) is 4.31 Å². The van der Waals surface area contributed by atoms with Crippen LogP contribution in [-0.4, -0.2) is 30.6 Å². The number of rotatable bonds is 6. The number of carbonyl (C=O) groups excluding carboxylic acids is 2. The van der Waals surface area contributed by atoms with Crippen LogP contribution in [0.25, 0.3) is 0 Å². The first-order valence-corrected chi connectivity index (χ1v) is 13.2. The zero-order valence-electron chi connectivity index (χ0n) is 17.3. The Morgan fingerprint density at radius 1 is 1.00 bits per heavy atom. The van der Waals surface area contributed by atoms with E-state index in [0.29, 0.717) is 11.3 Å². The number of halogens is 4. The van der Waals surface area contributed by atoms with E-state index in [-0.39, 0.29) is 27.9 Å². The summed E-state index contributed by atoms with van der Waals surface area (Å²) in [7, 11) is -4.39. The van der Waals surface area contributed by atoms with Gasteiger partial charge in [-0.25, -0.2) is 17.7 Å². The summed E-state index contributed by atoms with van der Waals surface area (Å²) >= 11 is 14.3. The Morgan fingerprint density at radius 3 is 2.29 bits per heavy atom. The van der Waals surface area contributed by atoms with Crippen LogP contribution in [0.2, 0.25) is 10.0 Å². The first kappa shape index (κ1) is 25.1. The highest BCUT2D eigenvalue weighted by molar-refractivity contribution is 14.1. The molecule has 0 radical (unpaired) electrons. The van der Waals surface area contributed by atoms with E-state index in [4.69, 9.17) is 23.2 Å². The smallest absolute Gasteiger partial charge is 0.252 e. The molecule has 0 N–H and O–H groups in total. The van der Waals surface area contributed by atoms with Crippen molar-refractivity contribution in [3.63, 3.8) is 0 Å². The van der Waals surface area contributed by atoms with Gasteiger partial charge in [0.2, 0.25) is 15.9 Å². The van der Waals surface area contributed by atoms with Crippen LogP contribution in [0.15, 0.2) is 71.6 Å². The Kier molecular flexibility index (Phi) is 7.30. The van der Waals surface area contributed by atoms with Crippen molar-refractivity contribution in [2.45, 2.75) is 23.9 Å². The molecule has 0 bridgehead atoms. The fourth-order valence-electron chi connectivity index (χ4n) is 3.64. The summed E-state index contributed by atoms with van der Waals surface area (Å²) in [6.07, 6.45) is -0.358. The van der Waals surface area contributed by atoms with Crippen molar-refractivity contribution < 1.29 is 22.4 Å². The first-order valence-electron chi connectivity index (χ1n) is 9.91. The number of hydrogen-bond donors (Lipinski definition) is 0. The number of carbonyl (C=O) groups is 2. The van der Waals surface area contributed by atoms with Crippen LogP contribution in [0.5, 0.6) is 0 Å². The highest BCUT2D eigenvalue weighted by atomic mass is 127. The van der Waals surface area contributed by atoms with Crippen molar-refractivity contribution in [2.24, 2.45) is 0 Å². The maximum atomic E-state index is 13.7. The van der Waals surface area contributed by atoms with Gasteiger partial charge in [0, 0.05) is 15.1 Å². The summed E-state index contributed by atoms with van der Waals surface area (Å²) in [5.41, 5.74) is 0.772. The largest absolute Gasteiger partial charge is 0.274 e. The van der Waals surface area contributed by atoms with Crippen molar-refractivity contribution in [1.29, 1.82) is 0 Å². The minimum atomic E-state index is -4.39. The van der Waals surface area contributed by atoms with Gasteiger partial charge in [0.05, 0.1) is 17.1 Å². The van der Waals surface area contributed by atoms with Gasteiger partial charge in [-0.15, -0.1) is 0 Å². The Balaban J connectivity index is 1.78. The molecule has 176 valence electrons. The van der Waals surface area contributed by atoms with Gasteiger partial charge in [0.15, 0.2) is 0 Å². The lowest BCUT2D eigenvalue weighted by atomic mass is 10.2. The Morgan fingerprint density at radius 2 is 1.65 bits per heavy atom. The fraction of sp³-hybridized carbons (Fsp3) is 0.130. The van der Waals surface area contributed by atoms with E-state index >= 15 is 0 Å². The standard InChI is InChI=1S/C23H16Cl2FIN2O4S/c24-15-3-10-19(25)21(11-15)34(32,33)28(13-14-1-4-16(26)5-2-14)20-12-22(30)29(23(20)31)18-8-6-17(27)7-9-18/h1-11,20H,12-13H2. The minimum Gasteiger partial charge on any atom is -0.274 e. The van der Waals surface area contributed by atoms with Gasteiger partial charge in [0.1, 0.15) is 16.8 Å². The van der Waals surface area contributed by atoms with Crippen molar-refractivity contribution >= 4 is 73.3 Å². The second-order valence-electron chi connectivity index (χ2n) is 7.52. The molecule has 1 aliphatic rings. The molecule has 1 saturated heterocycles. The third-order valence-corrected chi connectivity index (χ3v) is 8.58. The number of imide groups is 1. The zero-order valence-corrected chi connectivity index (χ0v) is 21.8. The van der Waals surface area contributed by atoms with Gasteiger partial charge in [-0.1, -0.05) is 35.3 Å². The van der Waals surface area contributed by atoms with Gasteiger partial charge < -0.3 is 0 Å². The monoisotopic (exact) mass is 632 g/mol. The third kappa shape index (κ3) is 4.99. The molecule has 11 heteroatoms. The van der Waals surface area contributed by atoms with Gasteiger partial charge >= 0.3 is 0 Å². The Bertz CT molecular complexity index is 1370. The molecule has 4 rings (SSSR count). The predicted molar refractivity (Wildman–Crippen MR) is 136 cm³/mol. The molecule has 2 amide bonds. The maximum Gasteiger partial charge on any atom is 0.252 e. The number of anilines is 1. The quantitative estimate of drug-likeness (QED) is 0.275. The van der Waals surface area contributed by atoms with Crippen molar-refractivity contribution in [2.75, 3.05) is 4.90 Å². The molecule has 1 fully saturated rings. The van der Waals surface area contributed by atoms with Gasteiger partial charge in [-0.05, 0) is 82.8 Å². The van der Waals surface area contributed by atoms with Crippen molar-refractivity contribution in [3.05, 3.63) is 91.7 Å². The van der Waals surface area contributed by atoms with E-state index in [9.17, 15) is 22.4 Å². The minimum absolute atomic E-state index is 0.0835. The Labute approximate surface area is 219 Å². The summed E-state index contributed by atoms with van der Waals surface area (Å²) in [4.78, 5) is 26.9. The average Bonchev–Trinajstić information content (AvgIpc) is 3.09. The molecule has 0 aromatic heterocycles. The van der Waals surface area contributed by atoms with E-state index in [0.717, 1.165) is 12.8 Å². The number of nitrogens with zero attached hydrogens (tertiary/aromatic N) is 2.